The Balaban J connectivity index is 1.42. The molecule has 0 unspecified atom stereocenters. The normalized spacial score (nSPS) is 17.8. The molecule has 2 N–H and O–H groups in total. The zero-order valence-corrected chi connectivity index (χ0v) is 13.6. The summed E-state index contributed by atoms with van der Waals surface area (Å²) < 4.78 is 11.1. The van der Waals surface area contributed by atoms with Crippen LogP contribution < -0.4 is 20.1 Å². The fraction of sp³-hybridized carbons (Fsp3) is 0.389. The first-order valence-corrected chi connectivity index (χ1v) is 8.36. The van der Waals surface area contributed by atoms with Crippen molar-refractivity contribution in [1.29, 1.82) is 0 Å². The van der Waals surface area contributed by atoms with Crippen LogP contribution in [0.25, 0.3) is 0 Å². The molecule has 24 heavy (non-hydrogen) atoms. The van der Waals surface area contributed by atoms with Crippen molar-refractivity contribution in [3.05, 3.63) is 42.1 Å². The summed E-state index contributed by atoms with van der Waals surface area (Å²) in [7, 11) is 0. The average Bonchev–Trinajstić information content (AvgIpc) is 2.97. The number of nitrogen functional groups attached to an aromatic ring is 1. The number of nitrogens with zero attached hydrogens (tertiary/aromatic N) is 3. The molecule has 3 heterocycles. The van der Waals surface area contributed by atoms with E-state index in [-0.39, 0.29) is 0 Å². The second-order valence-electron chi connectivity index (χ2n) is 6.22. The number of hydrogen-bond acceptors (Lipinski definition) is 6. The summed E-state index contributed by atoms with van der Waals surface area (Å²) in [6.45, 7) is 5.24. The lowest BCUT2D eigenvalue weighted by atomic mass is 10.1. The highest BCUT2D eigenvalue weighted by Gasteiger charge is 2.21. The Kier molecular flexibility index (Phi) is 4.13. The van der Waals surface area contributed by atoms with Gasteiger partial charge in [-0.3, -0.25) is 4.90 Å². The van der Waals surface area contributed by atoms with E-state index in [2.05, 4.69) is 20.9 Å². The predicted molar refractivity (Wildman–Crippen MR) is 93.3 cm³/mol. The third kappa shape index (κ3) is 3.10. The van der Waals surface area contributed by atoms with Crippen LogP contribution >= 0.6 is 0 Å². The van der Waals surface area contributed by atoms with Gasteiger partial charge in [0.1, 0.15) is 5.82 Å². The Labute approximate surface area is 141 Å². The molecule has 2 aliphatic heterocycles. The number of rotatable bonds is 3. The van der Waals surface area contributed by atoms with Gasteiger partial charge in [0.15, 0.2) is 11.5 Å². The lowest BCUT2D eigenvalue weighted by Crippen LogP contribution is -2.31. The van der Waals surface area contributed by atoms with Gasteiger partial charge in [-0.15, -0.1) is 0 Å². The SMILES string of the molecule is Nc1ccc(N2CCCN(Cc3cccc4c3OCO4)CC2)nc1. The molecule has 1 aromatic carbocycles. The monoisotopic (exact) mass is 326 g/mol. The summed E-state index contributed by atoms with van der Waals surface area (Å²) in [5, 5.41) is 0. The number of fused-ring (bicyclic) bond motifs is 1. The third-order valence-electron chi connectivity index (χ3n) is 4.56. The molecular weight excluding hydrogens is 304 g/mol. The maximum atomic E-state index is 5.73. The van der Waals surface area contributed by atoms with Gasteiger partial charge in [-0.05, 0) is 24.6 Å². The maximum Gasteiger partial charge on any atom is 0.231 e. The van der Waals surface area contributed by atoms with E-state index in [4.69, 9.17) is 15.2 Å². The molecule has 0 bridgehead atoms. The molecule has 4 rings (SSSR count). The van der Waals surface area contributed by atoms with Crippen LogP contribution in [0, 0.1) is 0 Å². The number of nitrogens with two attached hydrogens (primary N) is 1. The van der Waals surface area contributed by atoms with E-state index in [1.54, 1.807) is 6.20 Å². The molecule has 1 fully saturated rings. The zero-order valence-electron chi connectivity index (χ0n) is 13.6. The molecular formula is C18H22N4O2. The molecule has 0 atom stereocenters. The van der Waals surface area contributed by atoms with Crippen molar-refractivity contribution in [1.82, 2.24) is 9.88 Å². The Morgan fingerprint density at radius 1 is 1.04 bits per heavy atom. The van der Waals surface area contributed by atoms with Crippen LogP contribution in [0.15, 0.2) is 36.5 Å². The summed E-state index contributed by atoms with van der Waals surface area (Å²) in [6.07, 6.45) is 2.83. The van der Waals surface area contributed by atoms with Crippen LogP contribution in [0.2, 0.25) is 0 Å². The van der Waals surface area contributed by atoms with Crippen LogP contribution in [0.5, 0.6) is 11.5 Å². The van der Waals surface area contributed by atoms with Crippen molar-refractivity contribution in [2.24, 2.45) is 0 Å². The summed E-state index contributed by atoms with van der Waals surface area (Å²) >= 11 is 0. The second-order valence-corrected chi connectivity index (χ2v) is 6.22. The van der Waals surface area contributed by atoms with Gasteiger partial charge in [-0.25, -0.2) is 4.98 Å². The molecule has 6 nitrogen and oxygen atoms in total. The Morgan fingerprint density at radius 2 is 2.00 bits per heavy atom. The van der Waals surface area contributed by atoms with Crippen LogP contribution in [-0.4, -0.2) is 42.9 Å². The average molecular weight is 326 g/mol. The molecule has 0 radical (unpaired) electrons. The molecule has 2 aromatic rings. The fourth-order valence-corrected chi connectivity index (χ4v) is 3.30. The van der Waals surface area contributed by atoms with Crippen molar-refractivity contribution in [2.75, 3.05) is 43.6 Å². The van der Waals surface area contributed by atoms with Crippen molar-refractivity contribution >= 4 is 11.5 Å². The van der Waals surface area contributed by atoms with Gasteiger partial charge in [0, 0.05) is 38.3 Å². The minimum Gasteiger partial charge on any atom is -0.454 e. The number of aromatic nitrogens is 1. The Bertz CT molecular complexity index is 705. The van der Waals surface area contributed by atoms with Gasteiger partial charge < -0.3 is 20.1 Å². The molecule has 0 aliphatic carbocycles. The molecule has 0 spiro atoms. The van der Waals surface area contributed by atoms with Gasteiger partial charge >= 0.3 is 0 Å². The van der Waals surface area contributed by atoms with E-state index in [9.17, 15) is 0 Å². The van der Waals surface area contributed by atoms with Crippen molar-refractivity contribution in [3.8, 4) is 11.5 Å². The smallest absolute Gasteiger partial charge is 0.231 e. The highest BCUT2D eigenvalue weighted by molar-refractivity contribution is 5.48. The number of para-hydroxylation sites is 1. The topological polar surface area (TPSA) is 63.9 Å². The van der Waals surface area contributed by atoms with Crippen LogP contribution in [0.3, 0.4) is 0 Å². The van der Waals surface area contributed by atoms with E-state index in [0.29, 0.717) is 12.5 Å². The standard InChI is InChI=1S/C18H22N4O2/c19-15-5-6-17(20-11-15)22-8-2-7-21(9-10-22)12-14-3-1-4-16-18(14)24-13-23-16/h1,3-6,11H,2,7-10,12-13,19H2. The summed E-state index contributed by atoms with van der Waals surface area (Å²) in [4.78, 5) is 9.24. The highest BCUT2D eigenvalue weighted by Crippen LogP contribution is 2.36. The summed E-state index contributed by atoms with van der Waals surface area (Å²) in [6, 6.07) is 10.0. The van der Waals surface area contributed by atoms with Crippen LogP contribution in [0.4, 0.5) is 11.5 Å². The summed E-state index contributed by atoms with van der Waals surface area (Å²) in [5.74, 6) is 2.76. The Morgan fingerprint density at radius 3 is 2.88 bits per heavy atom. The number of anilines is 2. The maximum absolute atomic E-state index is 5.73. The van der Waals surface area contributed by atoms with E-state index < -0.39 is 0 Å². The molecule has 2 aliphatic rings. The second kappa shape index (κ2) is 6.57. The quantitative estimate of drug-likeness (QED) is 0.932. The molecule has 1 aromatic heterocycles. The van der Waals surface area contributed by atoms with Gasteiger partial charge in [0.25, 0.3) is 0 Å². The molecule has 0 saturated carbocycles. The first-order chi connectivity index (χ1) is 11.8. The van der Waals surface area contributed by atoms with Crippen molar-refractivity contribution in [3.63, 3.8) is 0 Å². The van der Waals surface area contributed by atoms with Gasteiger partial charge in [0.2, 0.25) is 6.79 Å². The van der Waals surface area contributed by atoms with Gasteiger partial charge in [0.05, 0.1) is 11.9 Å². The fourth-order valence-electron chi connectivity index (χ4n) is 3.30. The lowest BCUT2D eigenvalue weighted by molar-refractivity contribution is 0.172. The van der Waals surface area contributed by atoms with E-state index in [1.807, 2.05) is 24.3 Å². The first kappa shape index (κ1) is 15.1. The van der Waals surface area contributed by atoms with Crippen molar-refractivity contribution in [2.45, 2.75) is 13.0 Å². The largest absolute Gasteiger partial charge is 0.454 e. The molecule has 126 valence electrons. The van der Waals surface area contributed by atoms with Gasteiger partial charge in [-0.2, -0.15) is 0 Å². The molecule has 1 saturated heterocycles. The number of hydrogen-bond donors (Lipinski definition) is 1. The Hall–Kier alpha value is -2.47. The lowest BCUT2D eigenvalue weighted by Gasteiger charge is -2.23. The number of benzene rings is 1. The van der Waals surface area contributed by atoms with E-state index in [1.165, 1.54) is 5.56 Å². The minimum absolute atomic E-state index is 0.322. The van der Waals surface area contributed by atoms with E-state index >= 15 is 0 Å². The third-order valence-corrected chi connectivity index (χ3v) is 4.56. The minimum atomic E-state index is 0.322. The van der Waals surface area contributed by atoms with E-state index in [0.717, 1.165) is 56.5 Å². The van der Waals surface area contributed by atoms with Crippen LogP contribution in [-0.2, 0) is 6.54 Å². The zero-order chi connectivity index (χ0) is 16.4. The molecule has 0 amide bonds. The summed E-state index contributed by atoms with van der Waals surface area (Å²) in [5.41, 5.74) is 7.63. The predicted octanol–water partition coefficient (Wildman–Crippen LogP) is 2.10. The van der Waals surface area contributed by atoms with Crippen molar-refractivity contribution < 1.29 is 9.47 Å². The number of ether oxygens (including phenoxy) is 2. The number of pyridine rings is 1. The first-order valence-electron chi connectivity index (χ1n) is 8.36. The highest BCUT2D eigenvalue weighted by atomic mass is 16.7. The van der Waals surface area contributed by atoms with Gasteiger partial charge in [-0.1, -0.05) is 12.1 Å². The van der Waals surface area contributed by atoms with Crippen LogP contribution in [0.1, 0.15) is 12.0 Å². The molecule has 6 heteroatoms.